The number of carbonyl (C=O) groups is 1. The molecule has 0 amide bonds. The molecule has 0 aromatic heterocycles. The van der Waals surface area contributed by atoms with Gasteiger partial charge in [0.1, 0.15) is 11.9 Å². The molecule has 0 radical (unpaired) electrons. The normalized spacial score (nSPS) is 13.4. The molecule has 0 saturated heterocycles. The molecule has 0 aliphatic carbocycles. The van der Waals surface area contributed by atoms with Crippen LogP contribution in [0.2, 0.25) is 0 Å². The van der Waals surface area contributed by atoms with E-state index in [0.717, 1.165) is 10.0 Å². The molecule has 18 heavy (non-hydrogen) atoms. The minimum Gasteiger partial charge on any atom is -0.480 e. The predicted molar refractivity (Wildman–Crippen MR) is 75.1 cm³/mol. The maximum atomic E-state index is 13.1. The second-order valence-corrected chi connectivity index (χ2v) is 6.93. The third-order valence-electron chi connectivity index (χ3n) is 2.62. The number of carboxylic acids is 1. The van der Waals surface area contributed by atoms with Crippen LogP contribution in [0.3, 0.4) is 0 Å². The van der Waals surface area contributed by atoms with Gasteiger partial charge in [0.25, 0.3) is 0 Å². The number of nitrogens with two attached hydrogens (primary N) is 1. The molecule has 0 aliphatic heterocycles. The van der Waals surface area contributed by atoms with Gasteiger partial charge in [0.05, 0.1) is 0 Å². The molecular formula is C12H15BrFNO2S. The summed E-state index contributed by atoms with van der Waals surface area (Å²) in [6.45, 7) is 3.54. The zero-order valence-corrected chi connectivity index (χ0v) is 12.5. The molecule has 0 aliphatic rings. The minimum absolute atomic E-state index is 0.311. The van der Waals surface area contributed by atoms with Gasteiger partial charge in [-0.1, -0.05) is 15.9 Å². The molecular weight excluding hydrogens is 321 g/mol. The summed E-state index contributed by atoms with van der Waals surface area (Å²) >= 11 is 4.73. The molecule has 0 heterocycles. The fourth-order valence-electron chi connectivity index (χ4n) is 1.30. The van der Waals surface area contributed by atoms with Gasteiger partial charge < -0.3 is 10.8 Å². The molecule has 3 N–H and O–H groups in total. The van der Waals surface area contributed by atoms with Crippen LogP contribution in [0.5, 0.6) is 0 Å². The van der Waals surface area contributed by atoms with Crippen LogP contribution in [-0.4, -0.2) is 21.9 Å². The molecule has 0 fully saturated rings. The second kappa shape index (κ2) is 6.04. The van der Waals surface area contributed by atoms with Gasteiger partial charge in [0, 0.05) is 15.0 Å². The van der Waals surface area contributed by atoms with E-state index in [1.54, 1.807) is 19.9 Å². The third-order valence-corrected chi connectivity index (χ3v) is 4.85. The van der Waals surface area contributed by atoms with Crippen LogP contribution in [0.4, 0.5) is 4.39 Å². The maximum Gasteiger partial charge on any atom is 0.321 e. The van der Waals surface area contributed by atoms with Crippen LogP contribution in [0.25, 0.3) is 0 Å². The van der Waals surface area contributed by atoms with Crippen molar-refractivity contribution in [1.29, 1.82) is 0 Å². The Hall–Kier alpha value is -0.590. The van der Waals surface area contributed by atoms with Crippen molar-refractivity contribution in [3.05, 3.63) is 34.1 Å². The van der Waals surface area contributed by atoms with Gasteiger partial charge in [-0.15, -0.1) is 11.8 Å². The predicted octanol–water partition coefficient (Wildman–Crippen LogP) is 3.01. The minimum atomic E-state index is -1.04. The molecule has 1 aromatic carbocycles. The van der Waals surface area contributed by atoms with Crippen molar-refractivity contribution >= 4 is 33.7 Å². The first kappa shape index (κ1) is 15.5. The maximum absolute atomic E-state index is 13.1. The Morgan fingerprint density at radius 1 is 1.61 bits per heavy atom. The van der Waals surface area contributed by atoms with Crippen molar-refractivity contribution in [2.75, 3.05) is 0 Å². The first-order chi connectivity index (χ1) is 8.24. The van der Waals surface area contributed by atoms with Gasteiger partial charge in [-0.3, -0.25) is 4.79 Å². The van der Waals surface area contributed by atoms with Gasteiger partial charge >= 0.3 is 5.97 Å². The van der Waals surface area contributed by atoms with E-state index in [2.05, 4.69) is 15.9 Å². The van der Waals surface area contributed by atoms with Gasteiger partial charge in [0.15, 0.2) is 0 Å². The third kappa shape index (κ3) is 3.96. The van der Waals surface area contributed by atoms with Crippen molar-refractivity contribution in [1.82, 2.24) is 0 Å². The molecule has 0 saturated carbocycles. The summed E-state index contributed by atoms with van der Waals surface area (Å²) in [6, 6.07) is 3.47. The first-order valence-corrected chi connectivity index (χ1v) is 7.08. The molecule has 100 valence electrons. The highest BCUT2D eigenvalue weighted by Crippen LogP contribution is 2.33. The van der Waals surface area contributed by atoms with Crippen molar-refractivity contribution in [3.8, 4) is 0 Å². The molecule has 0 unspecified atom stereocenters. The van der Waals surface area contributed by atoms with E-state index in [1.807, 2.05) is 0 Å². The van der Waals surface area contributed by atoms with E-state index in [1.165, 1.54) is 23.9 Å². The van der Waals surface area contributed by atoms with Crippen LogP contribution in [-0.2, 0) is 10.5 Å². The van der Waals surface area contributed by atoms with Crippen LogP contribution in [0.15, 0.2) is 22.7 Å². The van der Waals surface area contributed by atoms with E-state index < -0.39 is 16.8 Å². The lowest BCUT2D eigenvalue weighted by Gasteiger charge is -2.28. The molecule has 3 nitrogen and oxygen atoms in total. The lowest BCUT2D eigenvalue weighted by Crippen LogP contribution is -2.46. The first-order valence-electron chi connectivity index (χ1n) is 5.30. The molecule has 1 atom stereocenters. The van der Waals surface area contributed by atoms with Crippen LogP contribution < -0.4 is 5.73 Å². The number of carboxylic acid groups (broad SMARTS) is 1. The quantitative estimate of drug-likeness (QED) is 0.868. The molecule has 1 aromatic rings. The van der Waals surface area contributed by atoms with Gasteiger partial charge in [0.2, 0.25) is 0 Å². The highest BCUT2D eigenvalue weighted by atomic mass is 79.9. The van der Waals surface area contributed by atoms with Gasteiger partial charge in [-0.2, -0.15) is 0 Å². The Labute approximate surface area is 118 Å². The highest BCUT2D eigenvalue weighted by molar-refractivity contribution is 9.10. The van der Waals surface area contributed by atoms with Gasteiger partial charge in [-0.25, -0.2) is 4.39 Å². The SMILES string of the molecule is CC(C)(SCc1cc(F)ccc1Br)[C@H](N)C(=O)O. The Bertz CT molecular complexity index is 454. The van der Waals surface area contributed by atoms with Crippen LogP contribution in [0, 0.1) is 5.82 Å². The van der Waals surface area contributed by atoms with Gasteiger partial charge in [-0.05, 0) is 37.6 Å². The Morgan fingerprint density at radius 2 is 2.22 bits per heavy atom. The van der Waals surface area contributed by atoms with E-state index in [0.29, 0.717) is 5.75 Å². The van der Waals surface area contributed by atoms with Crippen molar-refractivity contribution in [3.63, 3.8) is 0 Å². The van der Waals surface area contributed by atoms with Crippen LogP contribution in [0.1, 0.15) is 19.4 Å². The van der Waals surface area contributed by atoms with Crippen molar-refractivity contribution in [2.24, 2.45) is 5.73 Å². The number of thioether (sulfide) groups is 1. The molecule has 0 bridgehead atoms. The fraction of sp³-hybridized carbons (Fsp3) is 0.417. The summed E-state index contributed by atoms with van der Waals surface area (Å²) < 4.78 is 13.3. The summed E-state index contributed by atoms with van der Waals surface area (Å²) in [7, 11) is 0. The summed E-state index contributed by atoms with van der Waals surface area (Å²) in [4.78, 5) is 10.9. The van der Waals surface area contributed by atoms with E-state index in [9.17, 15) is 9.18 Å². The van der Waals surface area contributed by atoms with Crippen molar-refractivity contribution < 1.29 is 14.3 Å². The lowest BCUT2D eigenvalue weighted by atomic mass is 10.1. The summed E-state index contributed by atoms with van der Waals surface area (Å²) in [5.74, 6) is -0.855. The molecule has 0 spiro atoms. The second-order valence-electron chi connectivity index (χ2n) is 4.44. The lowest BCUT2D eigenvalue weighted by molar-refractivity contribution is -0.139. The van der Waals surface area contributed by atoms with Crippen molar-refractivity contribution in [2.45, 2.75) is 30.4 Å². The molecule has 6 heteroatoms. The standard InChI is InChI=1S/C12H15BrFNO2S/c1-12(2,10(15)11(16)17)18-6-7-5-8(14)3-4-9(7)13/h3-5,10H,6,15H2,1-2H3,(H,16,17)/t10-/m1/s1. The highest BCUT2D eigenvalue weighted by Gasteiger charge is 2.32. The topological polar surface area (TPSA) is 63.3 Å². The fourth-order valence-corrected chi connectivity index (χ4v) is 2.92. The molecule has 1 rings (SSSR count). The Balaban J connectivity index is 2.75. The summed E-state index contributed by atoms with van der Waals surface area (Å²) in [5.41, 5.74) is 6.40. The van der Waals surface area contributed by atoms with Crippen LogP contribution >= 0.6 is 27.7 Å². The Kier molecular flexibility index (Phi) is 5.19. The largest absolute Gasteiger partial charge is 0.480 e. The monoisotopic (exact) mass is 335 g/mol. The Morgan fingerprint density at radius 3 is 2.78 bits per heavy atom. The number of hydrogen-bond donors (Lipinski definition) is 2. The number of aliphatic carboxylic acids is 1. The number of halogens is 2. The average molecular weight is 336 g/mol. The average Bonchev–Trinajstić information content (AvgIpc) is 2.29. The number of hydrogen-bond acceptors (Lipinski definition) is 3. The number of rotatable bonds is 5. The van der Waals surface area contributed by atoms with E-state index in [-0.39, 0.29) is 5.82 Å². The summed E-state index contributed by atoms with van der Waals surface area (Å²) in [6.07, 6.45) is 0. The van der Waals surface area contributed by atoms with E-state index >= 15 is 0 Å². The smallest absolute Gasteiger partial charge is 0.321 e. The summed E-state index contributed by atoms with van der Waals surface area (Å²) in [5, 5.41) is 8.91. The number of benzene rings is 1. The van der Waals surface area contributed by atoms with E-state index in [4.69, 9.17) is 10.8 Å². The zero-order chi connectivity index (χ0) is 13.9. The zero-order valence-electron chi connectivity index (χ0n) is 10.1.